The molecule has 5 rings (SSSR count). The zero-order valence-corrected chi connectivity index (χ0v) is 17.7. The first-order chi connectivity index (χ1) is 13.9. The molecule has 1 aliphatic heterocycles. The second-order valence-corrected chi connectivity index (χ2v) is 11.0. The van der Waals surface area contributed by atoms with E-state index in [1.54, 1.807) is 6.34 Å². The standard InChI is InChI=1S/C23H36FN3O2/c1-22-8-6-17-16-7-9-23(29,12-24)10-15(16)2-3-18(17)19(22)4-5-20(22)21(28)11-27-14-25-13-26-27/h13,15-20,29H,2-12,14H2,1H3,(H,25,26)/t15-,16+,17-,18-,19+,20-,22+,23+/m1/s1. The van der Waals surface area contributed by atoms with Gasteiger partial charge in [-0.05, 0) is 92.8 Å². The highest BCUT2D eigenvalue weighted by molar-refractivity contribution is 5.84. The summed E-state index contributed by atoms with van der Waals surface area (Å²) < 4.78 is 13.3. The number of aliphatic imine (C=N–C) groups is 1. The molecule has 162 valence electrons. The van der Waals surface area contributed by atoms with Crippen molar-refractivity contribution in [2.45, 2.75) is 70.3 Å². The smallest absolute Gasteiger partial charge is 0.152 e. The molecular weight excluding hydrogens is 369 g/mol. The van der Waals surface area contributed by atoms with Gasteiger partial charge in [-0.25, -0.2) is 4.39 Å². The monoisotopic (exact) mass is 405 g/mol. The van der Waals surface area contributed by atoms with E-state index in [1.807, 2.05) is 5.01 Å². The molecule has 2 N–H and O–H groups in total. The van der Waals surface area contributed by atoms with E-state index in [2.05, 4.69) is 17.3 Å². The highest BCUT2D eigenvalue weighted by Gasteiger charge is 2.59. The summed E-state index contributed by atoms with van der Waals surface area (Å²) in [5.74, 6) is 3.81. The number of Topliss-reactive ketones (excluding diaryl/α,β-unsaturated/α-hetero) is 1. The SMILES string of the molecule is C[C@]12CC[C@H]3[C@@H](CC[C@@H]4C[C@](O)(CF)CC[C@@H]43)[C@@H]1CC[C@@H]2C(=O)CN1CN=CN1. The predicted octanol–water partition coefficient (Wildman–Crippen LogP) is 3.33. The van der Waals surface area contributed by atoms with Crippen molar-refractivity contribution in [1.29, 1.82) is 0 Å². The molecule has 0 saturated heterocycles. The highest BCUT2D eigenvalue weighted by Crippen LogP contribution is 2.64. The van der Waals surface area contributed by atoms with E-state index < -0.39 is 12.3 Å². The molecule has 8 atom stereocenters. The number of rotatable bonds is 4. The van der Waals surface area contributed by atoms with Gasteiger partial charge < -0.3 is 10.5 Å². The van der Waals surface area contributed by atoms with E-state index in [0.29, 0.717) is 49.6 Å². The first-order valence-electron chi connectivity index (χ1n) is 11.7. The minimum atomic E-state index is -1.06. The molecular formula is C23H36FN3O2. The number of nitrogens with zero attached hydrogens (tertiary/aromatic N) is 2. The summed E-state index contributed by atoms with van der Waals surface area (Å²) in [7, 11) is 0. The number of halogens is 1. The van der Waals surface area contributed by atoms with Crippen LogP contribution in [0.4, 0.5) is 4.39 Å². The molecule has 4 fully saturated rings. The Bertz CT molecular complexity index is 679. The highest BCUT2D eigenvalue weighted by atomic mass is 19.1. The van der Waals surface area contributed by atoms with E-state index in [1.165, 1.54) is 19.3 Å². The fraction of sp³-hybridized carbons (Fsp3) is 0.913. The summed E-state index contributed by atoms with van der Waals surface area (Å²) in [5, 5.41) is 12.4. The molecule has 4 saturated carbocycles. The van der Waals surface area contributed by atoms with Crippen molar-refractivity contribution in [2.24, 2.45) is 45.9 Å². The van der Waals surface area contributed by atoms with Gasteiger partial charge in [-0.3, -0.25) is 9.79 Å². The maximum absolute atomic E-state index is 13.3. The zero-order chi connectivity index (χ0) is 20.2. The van der Waals surface area contributed by atoms with Crippen LogP contribution in [0.25, 0.3) is 0 Å². The number of hydrogen-bond donors (Lipinski definition) is 2. The summed E-state index contributed by atoms with van der Waals surface area (Å²) >= 11 is 0. The lowest BCUT2D eigenvalue weighted by molar-refractivity contribution is -0.134. The van der Waals surface area contributed by atoms with Crippen molar-refractivity contribution in [3.8, 4) is 0 Å². The van der Waals surface area contributed by atoms with Gasteiger partial charge in [0.05, 0.1) is 18.5 Å². The number of ketones is 1. The van der Waals surface area contributed by atoms with Crippen LogP contribution in [0.3, 0.4) is 0 Å². The Morgan fingerprint density at radius 3 is 2.76 bits per heavy atom. The molecule has 0 unspecified atom stereocenters. The quantitative estimate of drug-likeness (QED) is 0.753. The van der Waals surface area contributed by atoms with Crippen LogP contribution >= 0.6 is 0 Å². The fourth-order valence-corrected chi connectivity index (χ4v) is 8.31. The molecule has 0 aromatic rings. The van der Waals surface area contributed by atoms with Gasteiger partial charge in [0.1, 0.15) is 13.3 Å². The Balaban J connectivity index is 1.28. The van der Waals surface area contributed by atoms with E-state index in [4.69, 9.17) is 0 Å². The van der Waals surface area contributed by atoms with Crippen LogP contribution in [0.15, 0.2) is 4.99 Å². The molecule has 29 heavy (non-hydrogen) atoms. The second kappa shape index (κ2) is 7.30. The molecule has 0 spiro atoms. The Morgan fingerprint density at radius 2 is 2.00 bits per heavy atom. The molecule has 4 aliphatic carbocycles. The van der Waals surface area contributed by atoms with Gasteiger partial charge in [0.25, 0.3) is 0 Å². The van der Waals surface area contributed by atoms with Gasteiger partial charge in [-0.2, -0.15) is 5.01 Å². The predicted molar refractivity (Wildman–Crippen MR) is 110 cm³/mol. The number of carbonyl (C=O) groups is 1. The number of fused-ring (bicyclic) bond motifs is 5. The molecule has 5 aliphatic rings. The number of nitrogens with one attached hydrogen (secondary N) is 1. The third-order valence-electron chi connectivity index (χ3n) is 9.67. The number of alkyl halides is 1. The number of hydrogen-bond acceptors (Lipinski definition) is 5. The van der Waals surface area contributed by atoms with Crippen molar-refractivity contribution in [1.82, 2.24) is 10.4 Å². The van der Waals surface area contributed by atoms with E-state index >= 15 is 0 Å². The van der Waals surface area contributed by atoms with Crippen molar-refractivity contribution in [3.05, 3.63) is 0 Å². The van der Waals surface area contributed by atoms with Gasteiger partial charge in [0, 0.05) is 5.92 Å². The van der Waals surface area contributed by atoms with Crippen LogP contribution in [0.2, 0.25) is 0 Å². The average molecular weight is 406 g/mol. The van der Waals surface area contributed by atoms with Crippen LogP contribution in [-0.4, -0.2) is 47.7 Å². The third-order valence-corrected chi connectivity index (χ3v) is 9.67. The maximum Gasteiger partial charge on any atom is 0.152 e. The summed E-state index contributed by atoms with van der Waals surface area (Å²) in [5.41, 5.74) is 2.14. The third kappa shape index (κ3) is 3.25. The van der Waals surface area contributed by atoms with E-state index in [0.717, 1.165) is 37.5 Å². The lowest BCUT2D eigenvalue weighted by atomic mass is 9.49. The number of aliphatic hydroxyl groups is 1. The van der Waals surface area contributed by atoms with Crippen molar-refractivity contribution in [3.63, 3.8) is 0 Å². The Kier molecular flexibility index (Phi) is 5.01. The molecule has 0 radical (unpaired) electrons. The average Bonchev–Trinajstić information content (AvgIpc) is 3.34. The minimum absolute atomic E-state index is 0.139. The first kappa shape index (κ1) is 19.9. The van der Waals surface area contributed by atoms with Crippen LogP contribution in [0, 0.1) is 40.9 Å². The lowest BCUT2D eigenvalue weighted by Gasteiger charge is -2.57. The first-order valence-corrected chi connectivity index (χ1v) is 11.7. The minimum Gasteiger partial charge on any atom is -0.387 e. The molecule has 0 aromatic heterocycles. The van der Waals surface area contributed by atoms with E-state index in [-0.39, 0.29) is 11.3 Å². The molecule has 0 bridgehead atoms. The van der Waals surface area contributed by atoms with Crippen LogP contribution in [0.1, 0.15) is 64.7 Å². The van der Waals surface area contributed by atoms with Crippen LogP contribution in [-0.2, 0) is 4.79 Å². The van der Waals surface area contributed by atoms with Crippen LogP contribution in [0.5, 0.6) is 0 Å². The Hall–Kier alpha value is -1.01. The van der Waals surface area contributed by atoms with Crippen molar-refractivity contribution in [2.75, 3.05) is 19.9 Å². The van der Waals surface area contributed by atoms with Crippen LogP contribution < -0.4 is 5.43 Å². The lowest BCUT2D eigenvalue weighted by Crippen LogP contribution is -2.52. The van der Waals surface area contributed by atoms with E-state index in [9.17, 15) is 14.3 Å². The van der Waals surface area contributed by atoms with Gasteiger partial charge in [0.2, 0.25) is 0 Å². The molecule has 5 nitrogen and oxygen atoms in total. The molecule has 0 amide bonds. The topological polar surface area (TPSA) is 64.9 Å². The molecule has 1 heterocycles. The van der Waals surface area contributed by atoms with Gasteiger partial charge in [-0.15, -0.1) is 0 Å². The normalized spacial score (nSPS) is 49.2. The van der Waals surface area contributed by atoms with Crippen molar-refractivity contribution < 1.29 is 14.3 Å². The maximum atomic E-state index is 13.3. The summed E-state index contributed by atoms with van der Waals surface area (Å²) in [6.45, 7) is 2.82. The summed E-state index contributed by atoms with van der Waals surface area (Å²) in [6.07, 6.45) is 10.9. The Labute approximate surface area is 173 Å². The fourth-order valence-electron chi connectivity index (χ4n) is 8.31. The Morgan fingerprint density at radius 1 is 1.17 bits per heavy atom. The molecule has 6 heteroatoms. The largest absolute Gasteiger partial charge is 0.387 e. The van der Waals surface area contributed by atoms with Gasteiger partial charge in [-0.1, -0.05) is 6.92 Å². The summed E-state index contributed by atoms with van der Waals surface area (Å²) in [6, 6.07) is 0. The zero-order valence-electron chi connectivity index (χ0n) is 17.7. The van der Waals surface area contributed by atoms with Gasteiger partial charge >= 0.3 is 0 Å². The van der Waals surface area contributed by atoms with Crippen molar-refractivity contribution >= 4 is 12.1 Å². The molecule has 0 aromatic carbocycles. The summed E-state index contributed by atoms with van der Waals surface area (Å²) in [4.78, 5) is 17.3. The van der Waals surface area contributed by atoms with Gasteiger partial charge in [0.15, 0.2) is 5.78 Å². The number of carbonyl (C=O) groups excluding carboxylic acids is 1. The second-order valence-electron chi connectivity index (χ2n) is 11.0. The number of hydrazine groups is 1.